The van der Waals surface area contributed by atoms with Gasteiger partial charge in [0.25, 0.3) is 0 Å². The quantitative estimate of drug-likeness (QED) is 0.873. The van der Waals surface area contributed by atoms with Crippen LogP contribution in [0.4, 0.5) is 8.78 Å². The molecule has 1 atom stereocenters. The van der Waals surface area contributed by atoms with Gasteiger partial charge in [-0.3, -0.25) is 0 Å². The summed E-state index contributed by atoms with van der Waals surface area (Å²) in [4.78, 5) is 0. The third-order valence-electron chi connectivity index (χ3n) is 3.02. The Bertz CT molecular complexity index is 586. The molecule has 2 nitrogen and oxygen atoms in total. The van der Waals surface area contributed by atoms with Crippen LogP contribution in [0.2, 0.25) is 0 Å². The summed E-state index contributed by atoms with van der Waals surface area (Å²) in [7, 11) is 0. The molecule has 0 aliphatic carbocycles. The van der Waals surface area contributed by atoms with E-state index in [-0.39, 0.29) is 17.5 Å². The van der Waals surface area contributed by atoms with Crippen LogP contribution in [0.1, 0.15) is 25.5 Å². The molecular formula is C16H17F2NO. The van der Waals surface area contributed by atoms with Crippen molar-refractivity contribution in [2.75, 3.05) is 6.54 Å². The summed E-state index contributed by atoms with van der Waals surface area (Å²) in [6, 6.07) is 10.7. The Hall–Kier alpha value is -1.94. The predicted molar refractivity (Wildman–Crippen MR) is 75.0 cm³/mol. The lowest BCUT2D eigenvalue weighted by atomic mass is 10.1. The predicted octanol–water partition coefficient (Wildman–Crippen LogP) is 4.43. The maximum Gasteiger partial charge on any atom is 0.166 e. The van der Waals surface area contributed by atoms with Gasteiger partial charge in [-0.1, -0.05) is 25.1 Å². The molecular weight excluding hydrogens is 260 g/mol. The first-order valence-corrected chi connectivity index (χ1v) is 6.57. The van der Waals surface area contributed by atoms with Gasteiger partial charge in [0.05, 0.1) is 0 Å². The summed E-state index contributed by atoms with van der Waals surface area (Å²) < 4.78 is 32.7. The zero-order valence-electron chi connectivity index (χ0n) is 11.5. The van der Waals surface area contributed by atoms with Crippen molar-refractivity contribution in [2.24, 2.45) is 0 Å². The van der Waals surface area contributed by atoms with Crippen molar-refractivity contribution in [3.8, 4) is 11.5 Å². The van der Waals surface area contributed by atoms with Gasteiger partial charge in [-0.25, -0.2) is 8.78 Å². The normalized spacial score (nSPS) is 12.2. The zero-order chi connectivity index (χ0) is 14.5. The van der Waals surface area contributed by atoms with E-state index >= 15 is 0 Å². The van der Waals surface area contributed by atoms with Gasteiger partial charge in [0, 0.05) is 6.04 Å². The van der Waals surface area contributed by atoms with E-state index in [9.17, 15) is 8.78 Å². The fourth-order valence-electron chi connectivity index (χ4n) is 1.94. The van der Waals surface area contributed by atoms with Gasteiger partial charge in [-0.05, 0) is 43.3 Å². The standard InChI is InChI=1S/C16H17F2NO/c1-3-19-11(2)12-8-9-16(14(18)10-12)20-15-7-5-4-6-13(15)17/h4-11,19H,3H2,1-2H3. The van der Waals surface area contributed by atoms with Crippen LogP contribution in [-0.2, 0) is 0 Å². The smallest absolute Gasteiger partial charge is 0.166 e. The fourth-order valence-corrected chi connectivity index (χ4v) is 1.94. The topological polar surface area (TPSA) is 21.3 Å². The van der Waals surface area contributed by atoms with Gasteiger partial charge in [0.2, 0.25) is 0 Å². The third kappa shape index (κ3) is 3.33. The Balaban J connectivity index is 2.20. The highest BCUT2D eigenvalue weighted by Gasteiger charge is 2.11. The summed E-state index contributed by atoms with van der Waals surface area (Å²) in [6.45, 7) is 4.74. The van der Waals surface area contributed by atoms with Gasteiger partial charge in [-0.2, -0.15) is 0 Å². The number of para-hydroxylation sites is 1. The lowest BCUT2D eigenvalue weighted by Crippen LogP contribution is -2.17. The minimum atomic E-state index is -0.517. The molecule has 0 saturated carbocycles. The molecule has 0 aliphatic heterocycles. The summed E-state index contributed by atoms with van der Waals surface area (Å²) in [5.74, 6) is -0.992. The van der Waals surface area contributed by atoms with Crippen molar-refractivity contribution in [1.82, 2.24) is 5.32 Å². The van der Waals surface area contributed by atoms with E-state index in [2.05, 4.69) is 5.32 Å². The lowest BCUT2D eigenvalue weighted by molar-refractivity contribution is 0.413. The molecule has 1 unspecified atom stereocenters. The average molecular weight is 277 g/mol. The Morgan fingerprint density at radius 2 is 1.75 bits per heavy atom. The first-order chi connectivity index (χ1) is 9.61. The second-order valence-corrected chi connectivity index (χ2v) is 4.50. The molecule has 0 fully saturated rings. The maximum atomic E-state index is 14.0. The van der Waals surface area contributed by atoms with Crippen LogP contribution in [0.3, 0.4) is 0 Å². The van der Waals surface area contributed by atoms with Gasteiger partial charge in [-0.15, -0.1) is 0 Å². The molecule has 0 heterocycles. The molecule has 0 bridgehead atoms. The summed E-state index contributed by atoms with van der Waals surface area (Å²) in [6.07, 6.45) is 0. The van der Waals surface area contributed by atoms with Gasteiger partial charge in [0.1, 0.15) is 0 Å². The number of nitrogens with one attached hydrogen (secondary N) is 1. The first-order valence-electron chi connectivity index (χ1n) is 6.57. The van der Waals surface area contributed by atoms with E-state index in [1.54, 1.807) is 18.2 Å². The van der Waals surface area contributed by atoms with E-state index in [1.807, 2.05) is 13.8 Å². The number of ether oxygens (including phenoxy) is 1. The molecule has 0 aliphatic rings. The number of halogens is 2. The van der Waals surface area contributed by atoms with Gasteiger partial charge >= 0.3 is 0 Å². The second-order valence-electron chi connectivity index (χ2n) is 4.50. The number of hydrogen-bond acceptors (Lipinski definition) is 2. The third-order valence-corrected chi connectivity index (χ3v) is 3.02. The summed E-state index contributed by atoms with van der Waals surface area (Å²) in [5.41, 5.74) is 0.824. The maximum absolute atomic E-state index is 14.0. The molecule has 20 heavy (non-hydrogen) atoms. The molecule has 4 heteroatoms. The SMILES string of the molecule is CCNC(C)c1ccc(Oc2ccccc2F)c(F)c1. The molecule has 0 aromatic heterocycles. The highest BCUT2D eigenvalue weighted by atomic mass is 19.1. The van der Waals surface area contributed by atoms with Crippen molar-refractivity contribution in [3.05, 3.63) is 59.7 Å². The molecule has 0 saturated heterocycles. The Morgan fingerprint density at radius 3 is 2.40 bits per heavy atom. The van der Waals surface area contributed by atoms with Crippen LogP contribution in [-0.4, -0.2) is 6.54 Å². The molecule has 106 valence electrons. The minimum Gasteiger partial charge on any atom is -0.451 e. The largest absolute Gasteiger partial charge is 0.451 e. The van der Waals surface area contributed by atoms with Crippen molar-refractivity contribution in [1.29, 1.82) is 0 Å². The van der Waals surface area contributed by atoms with Crippen LogP contribution < -0.4 is 10.1 Å². The molecule has 1 N–H and O–H groups in total. The summed E-state index contributed by atoms with van der Waals surface area (Å²) >= 11 is 0. The van der Waals surface area contributed by atoms with Crippen LogP contribution >= 0.6 is 0 Å². The second kappa shape index (κ2) is 6.48. The van der Waals surface area contributed by atoms with Crippen LogP contribution in [0.15, 0.2) is 42.5 Å². The van der Waals surface area contributed by atoms with Gasteiger partial charge in [0.15, 0.2) is 23.1 Å². The molecule has 0 amide bonds. The lowest BCUT2D eigenvalue weighted by Gasteiger charge is -2.14. The highest BCUT2D eigenvalue weighted by Crippen LogP contribution is 2.28. The zero-order valence-corrected chi connectivity index (χ0v) is 11.5. The fraction of sp³-hybridized carbons (Fsp3) is 0.250. The average Bonchev–Trinajstić information content (AvgIpc) is 2.43. The molecule has 2 aromatic carbocycles. The van der Waals surface area contributed by atoms with Gasteiger partial charge < -0.3 is 10.1 Å². The minimum absolute atomic E-state index is 0.0129. The monoisotopic (exact) mass is 277 g/mol. The van der Waals surface area contributed by atoms with E-state index in [1.165, 1.54) is 24.3 Å². The van der Waals surface area contributed by atoms with E-state index in [0.29, 0.717) is 0 Å². The molecule has 2 aromatic rings. The molecule has 0 radical (unpaired) electrons. The van der Waals surface area contributed by atoms with Crippen LogP contribution in [0.25, 0.3) is 0 Å². The van der Waals surface area contributed by atoms with E-state index < -0.39 is 11.6 Å². The number of rotatable bonds is 5. The summed E-state index contributed by atoms with van der Waals surface area (Å²) in [5, 5.41) is 3.20. The van der Waals surface area contributed by atoms with Crippen LogP contribution in [0, 0.1) is 11.6 Å². The number of hydrogen-bond donors (Lipinski definition) is 1. The Labute approximate surface area is 117 Å². The van der Waals surface area contributed by atoms with E-state index in [4.69, 9.17) is 4.74 Å². The molecule has 2 rings (SSSR count). The Morgan fingerprint density at radius 1 is 1.05 bits per heavy atom. The number of benzene rings is 2. The van der Waals surface area contributed by atoms with Crippen molar-refractivity contribution in [2.45, 2.75) is 19.9 Å². The Kier molecular flexibility index (Phi) is 4.69. The first kappa shape index (κ1) is 14.5. The van der Waals surface area contributed by atoms with Crippen molar-refractivity contribution >= 4 is 0 Å². The van der Waals surface area contributed by atoms with E-state index in [0.717, 1.165) is 12.1 Å². The van der Waals surface area contributed by atoms with Crippen molar-refractivity contribution in [3.63, 3.8) is 0 Å². The van der Waals surface area contributed by atoms with Crippen molar-refractivity contribution < 1.29 is 13.5 Å². The highest BCUT2D eigenvalue weighted by molar-refractivity contribution is 5.35. The molecule has 0 spiro atoms. The van der Waals surface area contributed by atoms with Crippen LogP contribution in [0.5, 0.6) is 11.5 Å².